The second-order valence-electron chi connectivity index (χ2n) is 4.64. The van der Waals surface area contributed by atoms with Crippen molar-refractivity contribution in [2.45, 2.75) is 19.9 Å². The molecule has 0 radical (unpaired) electrons. The van der Waals surface area contributed by atoms with E-state index in [-0.39, 0.29) is 11.1 Å². The van der Waals surface area contributed by atoms with Crippen LogP contribution in [0.3, 0.4) is 0 Å². The smallest absolute Gasteiger partial charge is 0.164 e. The molecule has 4 heteroatoms. The van der Waals surface area contributed by atoms with Gasteiger partial charge in [-0.05, 0) is 42.7 Å². The van der Waals surface area contributed by atoms with E-state index in [0.717, 1.165) is 15.6 Å². The molecule has 0 spiro atoms. The summed E-state index contributed by atoms with van der Waals surface area (Å²) in [6, 6.07) is 8.00. The van der Waals surface area contributed by atoms with Crippen molar-refractivity contribution in [1.82, 2.24) is 0 Å². The van der Waals surface area contributed by atoms with E-state index >= 15 is 0 Å². The Balaban J connectivity index is 2.50. The van der Waals surface area contributed by atoms with Gasteiger partial charge in [0.15, 0.2) is 11.6 Å². The van der Waals surface area contributed by atoms with E-state index in [1.807, 2.05) is 25.1 Å². The Morgan fingerprint density at radius 3 is 2.37 bits per heavy atom. The highest BCUT2D eigenvalue weighted by molar-refractivity contribution is 9.10. The van der Waals surface area contributed by atoms with E-state index in [0.29, 0.717) is 0 Å². The van der Waals surface area contributed by atoms with E-state index in [1.54, 1.807) is 6.07 Å². The van der Waals surface area contributed by atoms with Gasteiger partial charge in [-0.2, -0.15) is 0 Å². The van der Waals surface area contributed by atoms with Crippen molar-refractivity contribution in [3.05, 3.63) is 68.7 Å². The van der Waals surface area contributed by atoms with Gasteiger partial charge in [-0.3, -0.25) is 0 Å². The van der Waals surface area contributed by atoms with Crippen molar-refractivity contribution in [3.63, 3.8) is 0 Å². The van der Waals surface area contributed by atoms with E-state index < -0.39 is 17.7 Å². The molecule has 1 nitrogen and oxygen atoms in total. The van der Waals surface area contributed by atoms with Crippen molar-refractivity contribution in [2.75, 3.05) is 0 Å². The van der Waals surface area contributed by atoms with Gasteiger partial charge in [0, 0.05) is 10.0 Å². The third-order valence-corrected chi connectivity index (χ3v) is 3.52. The van der Waals surface area contributed by atoms with Crippen LogP contribution in [-0.2, 0) is 0 Å². The molecule has 0 saturated heterocycles. The molecule has 0 fully saturated rings. The zero-order valence-corrected chi connectivity index (χ0v) is 12.3. The van der Waals surface area contributed by atoms with Crippen LogP contribution in [-0.4, -0.2) is 0 Å². The lowest BCUT2D eigenvalue weighted by molar-refractivity contribution is 0.489. The van der Waals surface area contributed by atoms with Crippen LogP contribution in [0.5, 0.6) is 0 Å². The fourth-order valence-corrected chi connectivity index (χ4v) is 2.65. The van der Waals surface area contributed by atoms with E-state index in [9.17, 15) is 8.78 Å². The molecule has 0 aromatic heterocycles. The summed E-state index contributed by atoms with van der Waals surface area (Å²) in [5.74, 6) is -1.70. The lowest BCUT2D eigenvalue weighted by Crippen LogP contribution is -2.15. The number of hydrogen-bond acceptors (Lipinski definition) is 1. The largest absolute Gasteiger partial charge is 0.320 e. The predicted molar refractivity (Wildman–Crippen MR) is 76.0 cm³/mol. The summed E-state index contributed by atoms with van der Waals surface area (Å²) >= 11 is 3.38. The van der Waals surface area contributed by atoms with Crippen molar-refractivity contribution in [3.8, 4) is 0 Å². The van der Waals surface area contributed by atoms with Gasteiger partial charge in [0.1, 0.15) is 0 Å². The molecule has 2 N–H and O–H groups in total. The molecule has 0 aliphatic carbocycles. The topological polar surface area (TPSA) is 26.0 Å². The summed E-state index contributed by atoms with van der Waals surface area (Å²) in [5, 5.41) is 0. The Morgan fingerprint density at radius 2 is 1.74 bits per heavy atom. The van der Waals surface area contributed by atoms with Crippen LogP contribution in [0.1, 0.15) is 28.3 Å². The van der Waals surface area contributed by atoms with Crippen LogP contribution in [0.2, 0.25) is 0 Å². The lowest BCUT2D eigenvalue weighted by Gasteiger charge is -2.15. The molecule has 2 aromatic rings. The maximum absolute atomic E-state index is 13.9. The predicted octanol–water partition coefficient (Wildman–Crippen LogP) is 4.39. The van der Waals surface area contributed by atoms with Crippen LogP contribution in [0.15, 0.2) is 34.8 Å². The summed E-state index contributed by atoms with van der Waals surface area (Å²) in [7, 11) is 0. The zero-order valence-electron chi connectivity index (χ0n) is 10.7. The number of halogens is 3. The monoisotopic (exact) mass is 325 g/mol. The number of aryl methyl sites for hydroxylation is 2. The second-order valence-corrected chi connectivity index (χ2v) is 5.55. The van der Waals surface area contributed by atoms with Crippen LogP contribution >= 0.6 is 15.9 Å². The Kier molecular flexibility index (Phi) is 4.02. The standard InChI is InChI=1S/C15H14BrF2N/c1-8-5-10(7-11(16)6-8)15(19)12-4-3-9(2)13(17)14(12)18/h3-7,15H,19H2,1-2H3. The number of nitrogens with two attached hydrogens (primary N) is 1. The third-order valence-electron chi connectivity index (χ3n) is 3.06. The van der Waals surface area contributed by atoms with Crippen LogP contribution in [0.4, 0.5) is 8.78 Å². The van der Waals surface area contributed by atoms with Crippen LogP contribution in [0, 0.1) is 25.5 Å². The first-order valence-electron chi connectivity index (χ1n) is 5.87. The summed E-state index contributed by atoms with van der Waals surface area (Å²) in [6.07, 6.45) is 0. The number of benzene rings is 2. The number of rotatable bonds is 2. The lowest BCUT2D eigenvalue weighted by atomic mass is 9.96. The minimum Gasteiger partial charge on any atom is -0.320 e. The Labute approximate surface area is 119 Å². The molecule has 19 heavy (non-hydrogen) atoms. The zero-order chi connectivity index (χ0) is 14.2. The highest BCUT2D eigenvalue weighted by atomic mass is 79.9. The molecule has 2 aromatic carbocycles. The summed E-state index contributed by atoms with van der Waals surface area (Å²) < 4.78 is 28.4. The van der Waals surface area contributed by atoms with Gasteiger partial charge in [-0.25, -0.2) is 8.78 Å². The molecule has 1 unspecified atom stereocenters. The Hall–Kier alpha value is -1.26. The van der Waals surface area contributed by atoms with E-state index in [1.165, 1.54) is 13.0 Å². The molecule has 2 rings (SSSR count). The van der Waals surface area contributed by atoms with Crippen molar-refractivity contribution in [2.24, 2.45) is 5.73 Å². The van der Waals surface area contributed by atoms with Crippen molar-refractivity contribution >= 4 is 15.9 Å². The van der Waals surface area contributed by atoms with Crippen molar-refractivity contribution < 1.29 is 8.78 Å². The second kappa shape index (κ2) is 5.39. The Morgan fingerprint density at radius 1 is 1.05 bits per heavy atom. The van der Waals surface area contributed by atoms with E-state index in [2.05, 4.69) is 15.9 Å². The van der Waals surface area contributed by atoms with Gasteiger partial charge in [0.25, 0.3) is 0 Å². The fourth-order valence-electron chi connectivity index (χ4n) is 2.02. The minimum absolute atomic E-state index is 0.167. The SMILES string of the molecule is Cc1cc(Br)cc(C(N)c2ccc(C)c(F)c2F)c1. The van der Waals surface area contributed by atoms with Crippen molar-refractivity contribution in [1.29, 1.82) is 0 Å². The number of hydrogen-bond donors (Lipinski definition) is 1. The molecule has 0 saturated carbocycles. The molecule has 0 aliphatic heterocycles. The summed E-state index contributed by atoms with van der Waals surface area (Å²) in [5.41, 5.74) is 8.24. The van der Waals surface area contributed by atoms with Gasteiger partial charge in [0.2, 0.25) is 0 Å². The van der Waals surface area contributed by atoms with Gasteiger partial charge in [-0.15, -0.1) is 0 Å². The molecular formula is C15H14BrF2N. The summed E-state index contributed by atoms with van der Waals surface area (Å²) in [4.78, 5) is 0. The highest BCUT2D eigenvalue weighted by Crippen LogP contribution is 2.27. The normalized spacial score (nSPS) is 12.5. The fraction of sp³-hybridized carbons (Fsp3) is 0.200. The first-order valence-corrected chi connectivity index (χ1v) is 6.66. The van der Waals surface area contributed by atoms with E-state index in [4.69, 9.17) is 5.73 Å². The quantitative estimate of drug-likeness (QED) is 0.870. The van der Waals surface area contributed by atoms with Gasteiger partial charge >= 0.3 is 0 Å². The summed E-state index contributed by atoms with van der Waals surface area (Å²) in [6.45, 7) is 3.45. The molecule has 0 heterocycles. The van der Waals surface area contributed by atoms with Gasteiger partial charge in [0.05, 0.1) is 6.04 Å². The maximum atomic E-state index is 13.9. The van der Waals surface area contributed by atoms with Crippen LogP contribution < -0.4 is 5.73 Å². The first kappa shape index (κ1) is 14.2. The average Bonchev–Trinajstić information content (AvgIpc) is 2.34. The van der Waals surface area contributed by atoms with Crippen LogP contribution in [0.25, 0.3) is 0 Å². The molecule has 1 atom stereocenters. The third kappa shape index (κ3) is 2.85. The molecule has 0 bridgehead atoms. The minimum atomic E-state index is -0.870. The molecule has 100 valence electrons. The Bertz CT molecular complexity index is 606. The molecular weight excluding hydrogens is 312 g/mol. The molecule has 0 aliphatic rings. The van der Waals surface area contributed by atoms with Gasteiger partial charge in [-0.1, -0.05) is 34.1 Å². The maximum Gasteiger partial charge on any atom is 0.164 e. The van der Waals surface area contributed by atoms with Gasteiger partial charge < -0.3 is 5.73 Å². The molecule has 0 amide bonds. The highest BCUT2D eigenvalue weighted by Gasteiger charge is 2.18. The first-order chi connectivity index (χ1) is 8.90. The average molecular weight is 326 g/mol.